The number of rotatable bonds is 4. The molecule has 0 radical (unpaired) electrons. The number of para-hydroxylation sites is 1. The zero-order valence-corrected chi connectivity index (χ0v) is 11.4. The smallest absolute Gasteiger partial charge is 0.262 e. The summed E-state index contributed by atoms with van der Waals surface area (Å²) in [4.78, 5) is 11.8. The highest BCUT2D eigenvalue weighted by Crippen LogP contribution is 2.16. The summed E-state index contributed by atoms with van der Waals surface area (Å²) < 4.78 is 18.5. The molecule has 5 heteroatoms. The molecular weight excluding hydrogens is 271 g/mol. The standard InChI is InChI=1S/C16H13FN2O2/c1-11-6-7-13(8-14(11)17)21-10-16(20)19-15-5-3-2-4-12(15)9-18/h2-8H,10H2,1H3,(H,19,20). The summed E-state index contributed by atoms with van der Waals surface area (Å²) in [6.07, 6.45) is 0. The van der Waals surface area contributed by atoms with Crippen LogP contribution in [0.25, 0.3) is 0 Å². The van der Waals surface area contributed by atoms with E-state index in [1.54, 1.807) is 43.3 Å². The van der Waals surface area contributed by atoms with Crippen molar-refractivity contribution < 1.29 is 13.9 Å². The van der Waals surface area contributed by atoms with Crippen molar-refractivity contribution in [2.75, 3.05) is 11.9 Å². The second-order valence-corrected chi connectivity index (χ2v) is 4.41. The summed E-state index contributed by atoms with van der Waals surface area (Å²) in [6.45, 7) is 1.38. The number of hydrogen-bond acceptors (Lipinski definition) is 3. The summed E-state index contributed by atoms with van der Waals surface area (Å²) in [5.41, 5.74) is 1.30. The first-order valence-corrected chi connectivity index (χ1v) is 6.28. The molecule has 2 aromatic carbocycles. The van der Waals surface area contributed by atoms with Crippen molar-refractivity contribution in [2.24, 2.45) is 0 Å². The van der Waals surface area contributed by atoms with E-state index in [0.717, 1.165) is 0 Å². The highest BCUT2D eigenvalue weighted by molar-refractivity contribution is 5.93. The van der Waals surface area contributed by atoms with Gasteiger partial charge < -0.3 is 10.1 Å². The van der Waals surface area contributed by atoms with E-state index < -0.39 is 5.91 Å². The number of amides is 1. The van der Waals surface area contributed by atoms with Crippen LogP contribution in [0, 0.1) is 24.1 Å². The van der Waals surface area contributed by atoms with E-state index in [0.29, 0.717) is 16.8 Å². The summed E-state index contributed by atoms with van der Waals surface area (Å²) >= 11 is 0. The van der Waals surface area contributed by atoms with E-state index in [1.165, 1.54) is 6.07 Å². The number of aryl methyl sites for hydroxylation is 1. The minimum absolute atomic E-state index is 0.262. The van der Waals surface area contributed by atoms with E-state index in [1.807, 2.05) is 6.07 Å². The number of carbonyl (C=O) groups is 1. The fraction of sp³-hybridized carbons (Fsp3) is 0.125. The Labute approximate surface area is 121 Å². The summed E-state index contributed by atoms with van der Waals surface area (Å²) in [5.74, 6) is -0.525. The van der Waals surface area contributed by atoms with Crippen LogP contribution in [-0.2, 0) is 4.79 Å². The van der Waals surface area contributed by atoms with Crippen LogP contribution in [0.1, 0.15) is 11.1 Å². The van der Waals surface area contributed by atoms with Crippen LogP contribution < -0.4 is 10.1 Å². The molecule has 21 heavy (non-hydrogen) atoms. The second-order valence-electron chi connectivity index (χ2n) is 4.41. The fourth-order valence-electron chi connectivity index (χ4n) is 1.69. The van der Waals surface area contributed by atoms with Gasteiger partial charge in [0.25, 0.3) is 5.91 Å². The monoisotopic (exact) mass is 284 g/mol. The van der Waals surface area contributed by atoms with Gasteiger partial charge in [0.05, 0.1) is 11.3 Å². The molecule has 0 aromatic heterocycles. The van der Waals surface area contributed by atoms with E-state index >= 15 is 0 Å². The molecule has 4 nitrogen and oxygen atoms in total. The number of halogens is 1. The Morgan fingerprint density at radius 1 is 1.33 bits per heavy atom. The van der Waals surface area contributed by atoms with Crippen molar-refractivity contribution in [3.63, 3.8) is 0 Å². The summed E-state index contributed by atoms with van der Waals surface area (Å²) in [5, 5.41) is 11.5. The minimum atomic E-state index is -0.418. The number of nitrogens with zero attached hydrogens (tertiary/aromatic N) is 1. The lowest BCUT2D eigenvalue weighted by Crippen LogP contribution is -2.20. The van der Waals surface area contributed by atoms with Crippen molar-refractivity contribution in [1.29, 1.82) is 5.26 Å². The third-order valence-corrected chi connectivity index (χ3v) is 2.83. The zero-order valence-electron chi connectivity index (χ0n) is 11.4. The summed E-state index contributed by atoms with van der Waals surface area (Å²) in [7, 11) is 0. The van der Waals surface area contributed by atoms with E-state index in [4.69, 9.17) is 10.00 Å². The summed E-state index contributed by atoms with van der Waals surface area (Å²) in [6, 6.07) is 13.0. The normalized spacial score (nSPS) is 9.76. The molecule has 0 heterocycles. The molecule has 0 bridgehead atoms. The molecule has 0 saturated heterocycles. The van der Waals surface area contributed by atoms with Crippen LogP contribution in [-0.4, -0.2) is 12.5 Å². The Morgan fingerprint density at radius 3 is 2.81 bits per heavy atom. The third-order valence-electron chi connectivity index (χ3n) is 2.83. The maximum atomic E-state index is 13.3. The molecule has 0 atom stereocenters. The number of nitrogens with one attached hydrogen (secondary N) is 1. The Hall–Kier alpha value is -2.87. The topological polar surface area (TPSA) is 62.1 Å². The molecule has 0 aliphatic heterocycles. The lowest BCUT2D eigenvalue weighted by atomic mass is 10.2. The van der Waals surface area contributed by atoms with Gasteiger partial charge in [-0.25, -0.2) is 4.39 Å². The van der Waals surface area contributed by atoms with Gasteiger partial charge in [0.1, 0.15) is 17.6 Å². The second kappa shape index (κ2) is 6.53. The molecule has 1 N–H and O–H groups in total. The lowest BCUT2D eigenvalue weighted by molar-refractivity contribution is -0.118. The van der Waals surface area contributed by atoms with Crippen LogP contribution in [0.3, 0.4) is 0 Å². The molecule has 2 aromatic rings. The molecule has 0 saturated carbocycles. The Bertz CT molecular complexity index is 708. The van der Waals surface area contributed by atoms with E-state index in [9.17, 15) is 9.18 Å². The first-order chi connectivity index (χ1) is 10.1. The van der Waals surface area contributed by atoms with Crippen molar-refractivity contribution >= 4 is 11.6 Å². The van der Waals surface area contributed by atoms with Gasteiger partial charge in [-0.2, -0.15) is 5.26 Å². The van der Waals surface area contributed by atoms with Crippen LogP contribution >= 0.6 is 0 Å². The maximum Gasteiger partial charge on any atom is 0.262 e. The van der Waals surface area contributed by atoms with Crippen LogP contribution in [0.4, 0.5) is 10.1 Å². The number of carbonyl (C=O) groups excluding carboxylic acids is 1. The van der Waals surface area contributed by atoms with Crippen molar-refractivity contribution in [3.05, 3.63) is 59.4 Å². The highest BCUT2D eigenvalue weighted by Gasteiger charge is 2.08. The average molecular weight is 284 g/mol. The number of anilines is 1. The van der Waals surface area contributed by atoms with Gasteiger partial charge in [-0.15, -0.1) is 0 Å². The van der Waals surface area contributed by atoms with Gasteiger partial charge in [0, 0.05) is 6.07 Å². The Balaban J connectivity index is 1.96. The van der Waals surface area contributed by atoms with E-state index in [2.05, 4.69) is 5.32 Å². The zero-order chi connectivity index (χ0) is 15.2. The molecule has 1 amide bonds. The molecule has 0 aliphatic rings. The largest absolute Gasteiger partial charge is 0.484 e. The van der Waals surface area contributed by atoms with Gasteiger partial charge in [-0.3, -0.25) is 4.79 Å². The van der Waals surface area contributed by atoms with Crippen LogP contribution in [0.15, 0.2) is 42.5 Å². The molecular formula is C16H13FN2O2. The molecule has 106 valence electrons. The lowest BCUT2D eigenvalue weighted by Gasteiger charge is -2.09. The quantitative estimate of drug-likeness (QED) is 0.938. The number of benzene rings is 2. The van der Waals surface area contributed by atoms with Crippen LogP contribution in [0.5, 0.6) is 5.75 Å². The average Bonchev–Trinajstić information content (AvgIpc) is 2.49. The minimum Gasteiger partial charge on any atom is -0.484 e. The molecule has 2 rings (SSSR count). The Kier molecular flexibility index (Phi) is 4.52. The van der Waals surface area contributed by atoms with Gasteiger partial charge in [-0.05, 0) is 30.7 Å². The number of hydrogen-bond donors (Lipinski definition) is 1. The van der Waals surface area contributed by atoms with Gasteiger partial charge in [0.2, 0.25) is 0 Å². The van der Waals surface area contributed by atoms with E-state index in [-0.39, 0.29) is 18.2 Å². The molecule has 0 spiro atoms. The predicted molar refractivity (Wildman–Crippen MR) is 76.4 cm³/mol. The first-order valence-electron chi connectivity index (χ1n) is 6.28. The molecule has 0 aliphatic carbocycles. The molecule has 0 fully saturated rings. The van der Waals surface area contributed by atoms with Crippen molar-refractivity contribution in [3.8, 4) is 11.8 Å². The highest BCUT2D eigenvalue weighted by atomic mass is 19.1. The van der Waals surface area contributed by atoms with Gasteiger partial charge >= 0.3 is 0 Å². The first kappa shape index (κ1) is 14.5. The SMILES string of the molecule is Cc1ccc(OCC(=O)Nc2ccccc2C#N)cc1F. The van der Waals surface area contributed by atoms with Crippen LogP contribution in [0.2, 0.25) is 0 Å². The third kappa shape index (κ3) is 3.80. The molecule has 0 unspecified atom stereocenters. The number of nitriles is 1. The van der Waals surface area contributed by atoms with Gasteiger partial charge in [0.15, 0.2) is 6.61 Å². The maximum absolute atomic E-state index is 13.3. The van der Waals surface area contributed by atoms with Crippen molar-refractivity contribution in [1.82, 2.24) is 0 Å². The number of ether oxygens (including phenoxy) is 1. The predicted octanol–water partition coefficient (Wildman–Crippen LogP) is 3.02. The Morgan fingerprint density at radius 2 is 2.10 bits per heavy atom. The van der Waals surface area contributed by atoms with Crippen molar-refractivity contribution in [2.45, 2.75) is 6.92 Å². The fourth-order valence-corrected chi connectivity index (χ4v) is 1.69. The van der Waals surface area contributed by atoms with Gasteiger partial charge in [-0.1, -0.05) is 18.2 Å².